The summed E-state index contributed by atoms with van der Waals surface area (Å²) >= 11 is 0. The van der Waals surface area contributed by atoms with Gasteiger partial charge in [0.15, 0.2) is 0 Å². The van der Waals surface area contributed by atoms with Crippen molar-refractivity contribution >= 4 is 5.97 Å². The fourth-order valence-electron chi connectivity index (χ4n) is 1.66. The average Bonchev–Trinajstić information content (AvgIpc) is 2.36. The van der Waals surface area contributed by atoms with Gasteiger partial charge in [0.1, 0.15) is 17.4 Å². The number of carbonyl (C=O) groups is 1. The summed E-state index contributed by atoms with van der Waals surface area (Å²) in [5.41, 5.74) is -0.205. The molecule has 0 saturated carbocycles. The molecule has 0 aromatic heterocycles. The molecular formula is C13H12F3NO3. The van der Waals surface area contributed by atoms with Gasteiger partial charge in [-0.05, 0) is 25.0 Å². The van der Waals surface area contributed by atoms with E-state index in [1.807, 2.05) is 0 Å². The molecule has 0 N–H and O–H groups in total. The Morgan fingerprint density at radius 3 is 2.45 bits per heavy atom. The SMILES string of the molecule is CCOC(=O)c1c(OC(F)(F)F)ccc(CC)c1C#N. The van der Waals surface area contributed by atoms with Crippen molar-refractivity contribution in [1.82, 2.24) is 0 Å². The second kappa shape index (κ2) is 6.28. The minimum absolute atomic E-state index is 0.0223. The monoisotopic (exact) mass is 287 g/mol. The smallest absolute Gasteiger partial charge is 0.462 e. The molecule has 0 aliphatic heterocycles. The number of carbonyl (C=O) groups excluding carboxylic acids is 1. The second-order valence-electron chi connectivity index (χ2n) is 3.71. The van der Waals surface area contributed by atoms with Gasteiger partial charge in [-0.3, -0.25) is 0 Å². The number of halogens is 3. The van der Waals surface area contributed by atoms with Crippen LogP contribution >= 0.6 is 0 Å². The van der Waals surface area contributed by atoms with Crippen LogP contribution in [-0.4, -0.2) is 18.9 Å². The van der Waals surface area contributed by atoms with Gasteiger partial charge in [-0.2, -0.15) is 5.26 Å². The summed E-state index contributed by atoms with van der Waals surface area (Å²) in [6.07, 6.45) is -4.57. The van der Waals surface area contributed by atoms with E-state index in [0.717, 1.165) is 6.07 Å². The van der Waals surface area contributed by atoms with Crippen molar-refractivity contribution in [2.75, 3.05) is 6.61 Å². The fraction of sp³-hybridized carbons (Fsp3) is 0.385. The Labute approximate surface area is 113 Å². The largest absolute Gasteiger partial charge is 0.573 e. The van der Waals surface area contributed by atoms with Gasteiger partial charge in [-0.25, -0.2) is 4.79 Å². The van der Waals surface area contributed by atoms with Crippen molar-refractivity contribution in [2.45, 2.75) is 26.6 Å². The summed E-state index contributed by atoms with van der Waals surface area (Å²) in [6.45, 7) is 3.21. The number of nitrogens with zero attached hydrogens (tertiary/aromatic N) is 1. The Morgan fingerprint density at radius 1 is 1.35 bits per heavy atom. The molecular weight excluding hydrogens is 275 g/mol. The lowest BCUT2D eigenvalue weighted by molar-refractivity contribution is -0.274. The molecule has 1 aromatic carbocycles. The molecule has 0 bridgehead atoms. The molecule has 4 nitrogen and oxygen atoms in total. The number of nitriles is 1. The van der Waals surface area contributed by atoms with Gasteiger partial charge in [-0.1, -0.05) is 13.0 Å². The van der Waals surface area contributed by atoms with Crippen LogP contribution in [0.5, 0.6) is 5.75 Å². The van der Waals surface area contributed by atoms with Gasteiger partial charge in [-0.15, -0.1) is 13.2 Å². The van der Waals surface area contributed by atoms with E-state index in [-0.39, 0.29) is 12.2 Å². The van der Waals surface area contributed by atoms with Crippen molar-refractivity contribution in [3.05, 3.63) is 28.8 Å². The minimum Gasteiger partial charge on any atom is -0.462 e. The normalized spacial score (nSPS) is 10.8. The third kappa shape index (κ3) is 3.63. The summed E-state index contributed by atoms with van der Waals surface area (Å²) in [6, 6.07) is 4.07. The molecule has 0 unspecified atom stereocenters. The summed E-state index contributed by atoms with van der Waals surface area (Å²) in [4.78, 5) is 11.8. The van der Waals surface area contributed by atoms with Gasteiger partial charge >= 0.3 is 12.3 Å². The van der Waals surface area contributed by atoms with Crippen LogP contribution in [-0.2, 0) is 11.2 Å². The Bertz CT molecular complexity index is 547. The number of benzene rings is 1. The molecule has 108 valence electrons. The van der Waals surface area contributed by atoms with E-state index in [1.165, 1.54) is 13.0 Å². The molecule has 0 saturated heterocycles. The number of rotatable bonds is 4. The summed E-state index contributed by atoms with van der Waals surface area (Å²) < 4.78 is 45.5. The van der Waals surface area contributed by atoms with Crippen molar-refractivity contribution in [3.63, 3.8) is 0 Å². The Morgan fingerprint density at radius 2 is 2.00 bits per heavy atom. The van der Waals surface area contributed by atoms with E-state index in [4.69, 9.17) is 5.26 Å². The second-order valence-corrected chi connectivity index (χ2v) is 3.71. The molecule has 0 atom stereocenters. The number of alkyl halides is 3. The molecule has 0 aliphatic rings. The van der Waals surface area contributed by atoms with Crippen LogP contribution < -0.4 is 4.74 Å². The highest BCUT2D eigenvalue weighted by Gasteiger charge is 2.34. The summed E-state index contributed by atoms with van der Waals surface area (Å²) in [7, 11) is 0. The lowest BCUT2D eigenvalue weighted by atomic mass is 9.99. The average molecular weight is 287 g/mol. The molecule has 0 heterocycles. The molecule has 20 heavy (non-hydrogen) atoms. The molecule has 0 amide bonds. The van der Waals surface area contributed by atoms with E-state index in [2.05, 4.69) is 9.47 Å². The van der Waals surface area contributed by atoms with E-state index >= 15 is 0 Å². The van der Waals surface area contributed by atoms with Crippen LogP contribution in [0.1, 0.15) is 35.3 Å². The highest BCUT2D eigenvalue weighted by Crippen LogP contribution is 2.31. The highest BCUT2D eigenvalue weighted by molar-refractivity contribution is 5.95. The number of esters is 1. The van der Waals surface area contributed by atoms with E-state index < -0.39 is 23.6 Å². The van der Waals surface area contributed by atoms with Gasteiger partial charge < -0.3 is 9.47 Å². The first-order valence-electron chi connectivity index (χ1n) is 5.82. The molecule has 0 aliphatic carbocycles. The minimum atomic E-state index is -4.96. The van der Waals surface area contributed by atoms with E-state index in [9.17, 15) is 18.0 Å². The van der Waals surface area contributed by atoms with Crippen molar-refractivity contribution in [3.8, 4) is 11.8 Å². The number of hydrogen-bond acceptors (Lipinski definition) is 4. The third-order valence-electron chi connectivity index (χ3n) is 2.45. The zero-order chi connectivity index (χ0) is 15.3. The lowest BCUT2D eigenvalue weighted by Gasteiger charge is -2.15. The Balaban J connectivity index is 3.45. The van der Waals surface area contributed by atoms with Crippen LogP contribution in [0.2, 0.25) is 0 Å². The maximum absolute atomic E-state index is 12.3. The molecule has 7 heteroatoms. The van der Waals surface area contributed by atoms with Crippen LogP contribution in [0.25, 0.3) is 0 Å². The first-order chi connectivity index (χ1) is 9.34. The molecule has 0 spiro atoms. The Hall–Kier alpha value is -2.23. The number of ether oxygens (including phenoxy) is 2. The quantitative estimate of drug-likeness (QED) is 0.798. The fourth-order valence-corrected chi connectivity index (χ4v) is 1.66. The van der Waals surface area contributed by atoms with E-state index in [1.54, 1.807) is 13.0 Å². The zero-order valence-corrected chi connectivity index (χ0v) is 10.9. The maximum atomic E-state index is 12.3. The number of hydrogen-bond donors (Lipinski definition) is 0. The molecule has 1 aromatic rings. The van der Waals surface area contributed by atoms with Crippen LogP contribution in [0, 0.1) is 11.3 Å². The number of aryl methyl sites for hydroxylation is 1. The van der Waals surface area contributed by atoms with Crippen LogP contribution in [0.15, 0.2) is 12.1 Å². The zero-order valence-electron chi connectivity index (χ0n) is 10.9. The maximum Gasteiger partial charge on any atom is 0.573 e. The van der Waals surface area contributed by atoms with Crippen molar-refractivity contribution < 1.29 is 27.4 Å². The molecule has 1 rings (SSSR count). The van der Waals surface area contributed by atoms with Gasteiger partial charge in [0.05, 0.1) is 12.2 Å². The van der Waals surface area contributed by atoms with Crippen molar-refractivity contribution in [2.24, 2.45) is 0 Å². The van der Waals surface area contributed by atoms with Gasteiger partial charge in [0.25, 0.3) is 0 Å². The predicted molar refractivity (Wildman–Crippen MR) is 63.2 cm³/mol. The Kier molecular flexibility index (Phi) is 4.97. The van der Waals surface area contributed by atoms with Gasteiger partial charge in [0.2, 0.25) is 0 Å². The summed E-state index contributed by atoms with van der Waals surface area (Å²) in [5.74, 6) is -1.75. The molecule has 0 fully saturated rings. The van der Waals surface area contributed by atoms with Gasteiger partial charge in [0, 0.05) is 0 Å². The summed E-state index contributed by atoms with van der Waals surface area (Å²) in [5, 5.41) is 9.08. The standard InChI is InChI=1S/C13H12F3NO3/c1-3-8-5-6-10(20-13(14,15)16)11(9(8)7-17)12(18)19-4-2/h5-6H,3-4H2,1-2H3. The molecule has 0 radical (unpaired) electrons. The van der Waals surface area contributed by atoms with Crippen molar-refractivity contribution in [1.29, 1.82) is 5.26 Å². The highest BCUT2D eigenvalue weighted by atomic mass is 19.4. The third-order valence-corrected chi connectivity index (χ3v) is 2.45. The van der Waals surface area contributed by atoms with Crippen LogP contribution in [0.4, 0.5) is 13.2 Å². The lowest BCUT2D eigenvalue weighted by Crippen LogP contribution is -2.20. The first kappa shape index (κ1) is 15.8. The first-order valence-corrected chi connectivity index (χ1v) is 5.82. The topological polar surface area (TPSA) is 59.3 Å². The van der Waals surface area contributed by atoms with Crippen LogP contribution in [0.3, 0.4) is 0 Å². The predicted octanol–water partition coefficient (Wildman–Crippen LogP) is 3.20. The van der Waals surface area contributed by atoms with E-state index in [0.29, 0.717) is 12.0 Å².